The van der Waals surface area contributed by atoms with Gasteiger partial charge in [-0.3, -0.25) is 19.1 Å². The molecule has 0 bridgehead atoms. The molecule has 1 saturated heterocycles. The highest BCUT2D eigenvalue weighted by Crippen LogP contribution is 2.30. The highest BCUT2D eigenvalue weighted by atomic mass is 16.6. The van der Waals surface area contributed by atoms with E-state index < -0.39 is 35.8 Å². The first-order valence-electron chi connectivity index (χ1n) is 10.0. The van der Waals surface area contributed by atoms with Crippen molar-refractivity contribution in [1.29, 1.82) is 0 Å². The number of amides is 1. The molecule has 0 spiro atoms. The van der Waals surface area contributed by atoms with Gasteiger partial charge >= 0.3 is 5.69 Å². The number of nitrogens with zero attached hydrogens (tertiary/aromatic N) is 4. The lowest BCUT2D eigenvalue weighted by Gasteiger charge is -2.22. The van der Waals surface area contributed by atoms with Gasteiger partial charge in [-0.1, -0.05) is 11.5 Å². The highest BCUT2D eigenvalue weighted by molar-refractivity contribution is 5.75. The molecule has 4 atom stereocenters. The van der Waals surface area contributed by atoms with Crippen LogP contribution in [0.4, 0.5) is 0 Å². The lowest BCUT2D eigenvalue weighted by molar-refractivity contribution is -0.122. The molecule has 1 amide bonds. The monoisotopic (exact) mass is 440 g/mol. The van der Waals surface area contributed by atoms with E-state index in [1.54, 1.807) is 0 Å². The molecule has 1 aliphatic rings. The Morgan fingerprint density at radius 3 is 2.94 bits per heavy atom. The van der Waals surface area contributed by atoms with Gasteiger partial charge in [-0.25, -0.2) is 4.79 Å². The number of unbranched alkanes of at least 4 members (excludes halogenated alkanes) is 2. The zero-order chi connectivity index (χ0) is 22.6. The molecule has 1 aromatic heterocycles. The van der Waals surface area contributed by atoms with E-state index in [2.05, 4.69) is 20.3 Å². The molecule has 1 aromatic rings. The van der Waals surface area contributed by atoms with Crippen LogP contribution >= 0.6 is 0 Å². The molecule has 0 aliphatic carbocycles. The van der Waals surface area contributed by atoms with E-state index in [-0.39, 0.29) is 25.7 Å². The van der Waals surface area contributed by atoms with E-state index in [1.165, 1.54) is 19.4 Å². The van der Waals surface area contributed by atoms with Crippen molar-refractivity contribution in [2.45, 2.75) is 50.2 Å². The van der Waals surface area contributed by atoms with Crippen LogP contribution in [-0.4, -0.2) is 72.3 Å². The average Bonchev–Trinajstić information content (AvgIpc) is 3.03. The molecule has 0 radical (unpaired) electrons. The molecule has 1 aliphatic heterocycles. The normalized spacial score (nSPS) is 22.8. The van der Waals surface area contributed by atoms with Crippen LogP contribution in [0.1, 0.15) is 31.9 Å². The summed E-state index contributed by atoms with van der Waals surface area (Å²) < 4.78 is 17.6. The number of rotatable bonds is 13. The second-order valence-electron chi connectivity index (χ2n) is 6.98. The van der Waals surface area contributed by atoms with Crippen LogP contribution in [0.25, 0.3) is 10.4 Å². The number of hydrogen-bond acceptors (Lipinski definition) is 8. The Morgan fingerprint density at radius 1 is 1.42 bits per heavy atom. The van der Waals surface area contributed by atoms with Crippen molar-refractivity contribution in [3.63, 3.8) is 0 Å². The number of azide groups is 1. The summed E-state index contributed by atoms with van der Waals surface area (Å²) in [6, 6.07) is 1.17. The molecule has 13 heteroatoms. The summed E-state index contributed by atoms with van der Waals surface area (Å²) in [5.74, 6) is -0.138. The fourth-order valence-corrected chi connectivity index (χ4v) is 3.22. The fourth-order valence-electron chi connectivity index (χ4n) is 3.22. The summed E-state index contributed by atoms with van der Waals surface area (Å²) in [6.45, 7) is 0.804. The Kier molecular flexibility index (Phi) is 10.2. The van der Waals surface area contributed by atoms with Gasteiger partial charge in [0.2, 0.25) is 5.91 Å². The van der Waals surface area contributed by atoms with Gasteiger partial charge in [0.05, 0.1) is 13.2 Å². The van der Waals surface area contributed by atoms with Crippen LogP contribution < -0.4 is 16.6 Å². The summed E-state index contributed by atoms with van der Waals surface area (Å²) in [5, 5.41) is 16.7. The predicted molar refractivity (Wildman–Crippen MR) is 108 cm³/mol. The number of ether oxygens (including phenoxy) is 3. The maximum Gasteiger partial charge on any atom is 0.330 e. The molecule has 31 heavy (non-hydrogen) atoms. The lowest BCUT2D eigenvalue weighted by Crippen LogP contribution is -2.40. The van der Waals surface area contributed by atoms with Crippen LogP contribution in [0, 0.1) is 0 Å². The number of aromatic nitrogens is 2. The van der Waals surface area contributed by atoms with Crippen molar-refractivity contribution < 1.29 is 24.1 Å². The van der Waals surface area contributed by atoms with Crippen LogP contribution in [0.3, 0.4) is 0 Å². The fraction of sp³-hybridized carbons (Fsp3) is 0.722. The molecule has 2 rings (SSSR count). The molecule has 13 nitrogen and oxygen atoms in total. The van der Waals surface area contributed by atoms with Crippen LogP contribution in [0.2, 0.25) is 0 Å². The Morgan fingerprint density at radius 2 is 2.23 bits per heavy atom. The van der Waals surface area contributed by atoms with Crippen molar-refractivity contribution in [3.8, 4) is 0 Å². The van der Waals surface area contributed by atoms with E-state index in [0.29, 0.717) is 19.4 Å². The van der Waals surface area contributed by atoms with Gasteiger partial charge in [0.15, 0.2) is 6.23 Å². The Hall–Kier alpha value is -2.70. The molecule has 0 aromatic carbocycles. The summed E-state index contributed by atoms with van der Waals surface area (Å²) in [7, 11) is 1.46. The summed E-state index contributed by atoms with van der Waals surface area (Å²) in [6.07, 6.45) is 0.143. The predicted octanol–water partition coefficient (Wildman–Crippen LogP) is -0.187. The number of aromatic amines is 1. The maximum atomic E-state index is 12.1. The van der Waals surface area contributed by atoms with Crippen molar-refractivity contribution >= 4 is 5.91 Å². The molecule has 0 saturated carbocycles. The summed E-state index contributed by atoms with van der Waals surface area (Å²) in [5.41, 5.74) is 6.96. The van der Waals surface area contributed by atoms with Gasteiger partial charge in [-0.2, -0.15) is 0 Å². The Bertz CT molecular complexity index is 865. The second kappa shape index (κ2) is 12.9. The third kappa shape index (κ3) is 7.49. The Balaban J connectivity index is 1.84. The minimum absolute atomic E-state index is 0.0853. The summed E-state index contributed by atoms with van der Waals surface area (Å²) in [4.78, 5) is 40.1. The summed E-state index contributed by atoms with van der Waals surface area (Å²) >= 11 is 0. The number of aliphatic hydroxyl groups is 1. The number of nitrogens with one attached hydrogen (secondary N) is 2. The van der Waals surface area contributed by atoms with Gasteiger partial charge in [-0.15, -0.1) is 0 Å². The van der Waals surface area contributed by atoms with Crippen molar-refractivity contribution in [2.75, 3.05) is 33.4 Å². The minimum Gasteiger partial charge on any atom is -0.387 e. The number of methoxy groups -OCH3 is 1. The molecular weight excluding hydrogens is 412 g/mol. The van der Waals surface area contributed by atoms with E-state index in [1.807, 2.05) is 0 Å². The van der Waals surface area contributed by atoms with Gasteiger partial charge in [0.1, 0.15) is 18.3 Å². The quantitative estimate of drug-likeness (QED) is 0.164. The second-order valence-corrected chi connectivity index (χ2v) is 6.98. The molecule has 172 valence electrons. The van der Waals surface area contributed by atoms with E-state index in [0.717, 1.165) is 17.4 Å². The third-order valence-electron chi connectivity index (χ3n) is 4.73. The molecule has 3 N–H and O–H groups in total. The van der Waals surface area contributed by atoms with E-state index in [9.17, 15) is 19.5 Å². The van der Waals surface area contributed by atoms with Gasteiger partial charge in [0, 0.05) is 43.8 Å². The van der Waals surface area contributed by atoms with Gasteiger partial charge in [-0.05, 0) is 18.4 Å². The average molecular weight is 440 g/mol. The third-order valence-corrected chi connectivity index (χ3v) is 4.73. The Labute approximate surface area is 177 Å². The van der Waals surface area contributed by atoms with Crippen molar-refractivity contribution in [2.24, 2.45) is 5.11 Å². The molecule has 2 heterocycles. The standard InChI is InChI=1S/C18H28N6O7/c1-29-11-12-15(27)16(17(31-12)24-9-6-14(26)22-18(24)28)30-10-8-20-13(25)5-3-2-4-7-21-23-19/h6,9,12,15-17,27H,2-5,7-8,10-11H2,1H3,(H,20,25)(H,22,26,28)/t12-,15?,16+,17-/m1/s1. The van der Waals surface area contributed by atoms with Crippen molar-refractivity contribution in [3.05, 3.63) is 43.5 Å². The first-order valence-corrected chi connectivity index (χ1v) is 10.0. The molecular formula is C18H28N6O7. The largest absolute Gasteiger partial charge is 0.387 e. The zero-order valence-corrected chi connectivity index (χ0v) is 17.3. The SMILES string of the molecule is COC[C@H]1O[C@@H](n2ccc(=O)[nH]c2=O)[C@@H](OCCNC(=O)CCCCCN=[N+]=[N-])C1O. The van der Waals surface area contributed by atoms with Crippen LogP contribution in [0.5, 0.6) is 0 Å². The number of hydrogen-bond donors (Lipinski definition) is 3. The first kappa shape index (κ1) is 24.6. The van der Waals surface area contributed by atoms with Gasteiger partial charge < -0.3 is 24.6 Å². The number of carbonyl (C=O) groups excluding carboxylic acids is 1. The van der Waals surface area contributed by atoms with Crippen LogP contribution in [0.15, 0.2) is 27.0 Å². The van der Waals surface area contributed by atoms with Crippen molar-refractivity contribution in [1.82, 2.24) is 14.9 Å². The minimum atomic E-state index is -1.07. The molecule has 1 unspecified atom stereocenters. The molecule has 1 fully saturated rings. The zero-order valence-electron chi connectivity index (χ0n) is 17.3. The first-order chi connectivity index (χ1) is 15.0. The number of carbonyl (C=O) groups is 1. The highest BCUT2D eigenvalue weighted by Gasteiger charge is 2.45. The number of H-pyrrole nitrogens is 1. The van der Waals surface area contributed by atoms with E-state index >= 15 is 0 Å². The number of aliphatic hydroxyl groups excluding tert-OH is 1. The maximum absolute atomic E-state index is 12.1. The van der Waals surface area contributed by atoms with Crippen LogP contribution in [-0.2, 0) is 19.0 Å². The smallest absolute Gasteiger partial charge is 0.330 e. The topological polar surface area (TPSA) is 181 Å². The van der Waals surface area contributed by atoms with E-state index in [4.69, 9.17) is 19.7 Å². The van der Waals surface area contributed by atoms with Gasteiger partial charge in [0.25, 0.3) is 5.56 Å². The lowest BCUT2D eigenvalue weighted by atomic mass is 10.1.